The van der Waals surface area contributed by atoms with Crippen molar-refractivity contribution in [2.24, 2.45) is 0 Å². The minimum absolute atomic E-state index is 0.0119. The van der Waals surface area contributed by atoms with E-state index in [1.165, 1.54) is 19.3 Å². The van der Waals surface area contributed by atoms with Crippen molar-refractivity contribution < 1.29 is 9.90 Å². The molecular weight excluding hydrogens is 230 g/mol. The van der Waals surface area contributed by atoms with Gasteiger partial charge in [0.2, 0.25) is 0 Å². The van der Waals surface area contributed by atoms with E-state index in [9.17, 15) is 4.79 Å². The highest BCUT2D eigenvalue weighted by Crippen LogP contribution is 2.24. The molecule has 1 aliphatic carbocycles. The summed E-state index contributed by atoms with van der Waals surface area (Å²) in [5.41, 5.74) is 1.41. The van der Waals surface area contributed by atoms with E-state index >= 15 is 0 Å². The third-order valence-electron chi connectivity index (χ3n) is 3.68. The van der Waals surface area contributed by atoms with Crippen LogP contribution in [0.2, 0.25) is 0 Å². The third-order valence-corrected chi connectivity index (χ3v) is 3.68. The summed E-state index contributed by atoms with van der Waals surface area (Å²) in [6, 6.07) is 0.271. The van der Waals surface area contributed by atoms with E-state index < -0.39 is 0 Å². The van der Waals surface area contributed by atoms with E-state index in [1.807, 2.05) is 11.8 Å². The van der Waals surface area contributed by atoms with Gasteiger partial charge in [-0.15, -0.1) is 0 Å². The Labute approximate surface area is 107 Å². The molecule has 1 heterocycles. The summed E-state index contributed by atoms with van der Waals surface area (Å²) in [6.07, 6.45) is 7.26. The van der Waals surface area contributed by atoms with E-state index in [2.05, 4.69) is 10.2 Å². The molecule has 0 unspecified atom stereocenters. The maximum absolute atomic E-state index is 12.5. The highest BCUT2D eigenvalue weighted by Gasteiger charge is 2.27. The van der Waals surface area contributed by atoms with Gasteiger partial charge in [0.25, 0.3) is 5.91 Å². The summed E-state index contributed by atoms with van der Waals surface area (Å²) >= 11 is 0. The Kier molecular flexibility index (Phi) is 4.36. The molecule has 1 aromatic heterocycles. The maximum atomic E-state index is 12.5. The first-order valence-corrected chi connectivity index (χ1v) is 6.66. The summed E-state index contributed by atoms with van der Waals surface area (Å²) in [5, 5.41) is 15.9. The summed E-state index contributed by atoms with van der Waals surface area (Å²) in [5.74, 6) is -0.0119. The zero-order chi connectivity index (χ0) is 13.0. The molecule has 1 saturated carbocycles. The molecular formula is C13H21N3O2. The van der Waals surface area contributed by atoms with Crippen molar-refractivity contribution in [3.8, 4) is 0 Å². The number of aliphatic hydroxyl groups is 1. The number of carbonyl (C=O) groups excluding carboxylic acids is 1. The number of hydrogen-bond donors (Lipinski definition) is 2. The van der Waals surface area contributed by atoms with Gasteiger partial charge in [-0.2, -0.15) is 5.10 Å². The molecule has 1 fully saturated rings. The quantitative estimate of drug-likeness (QED) is 0.851. The molecule has 0 radical (unpaired) electrons. The first-order valence-electron chi connectivity index (χ1n) is 6.66. The van der Waals surface area contributed by atoms with Gasteiger partial charge in [0.05, 0.1) is 18.4 Å². The SMILES string of the molecule is Cc1[nH]ncc1C(=O)N(CCO)C1CCCCC1. The first-order chi connectivity index (χ1) is 8.74. The smallest absolute Gasteiger partial charge is 0.257 e. The largest absolute Gasteiger partial charge is 0.395 e. The number of aromatic nitrogens is 2. The van der Waals surface area contributed by atoms with Gasteiger partial charge in [0, 0.05) is 18.3 Å². The molecule has 2 rings (SSSR count). The second-order valence-corrected chi connectivity index (χ2v) is 4.92. The highest BCUT2D eigenvalue weighted by atomic mass is 16.3. The van der Waals surface area contributed by atoms with Gasteiger partial charge in [0.1, 0.15) is 0 Å². The zero-order valence-corrected chi connectivity index (χ0v) is 10.9. The second-order valence-electron chi connectivity index (χ2n) is 4.92. The Morgan fingerprint density at radius 2 is 2.22 bits per heavy atom. The van der Waals surface area contributed by atoms with Crippen LogP contribution in [-0.2, 0) is 0 Å². The fraction of sp³-hybridized carbons (Fsp3) is 0.692. The lowest BCUT2D eigenvalue weighted by Crippen LogP contribution is -2.43. The fourth-order valence-electron chi connectivity index (χ4n) is 2.67. The number of nitrogens with zero attached hydrogens (tertiary/aromatic N) is 2. The molecule has 100 valence electrons. The number of rotatable bonds is 4. The van der Waals surface area contributed by atoms with Crippen molar-refractivity contribution in [3.05, 3.63) is 17.5 Å². The predicted molar refractivity (Wildman–Crippen MR) is 68.3 cm³/mol. The van der Waals surface area contributed by atoms with Crippen LogP contribution in [0.15, 0.2) is 6.20 Å². The van der Waals surface area contributed by atoms with Crippen LogP contribution < -0.4 is 0 Å². The number of hydrogen-bond acceptors (Lipinski definition) is 3. The van der Waals surface area contributed by atoms with Gasteiger partial charge in [-0.25, -0.2) is 0 Å². The average molecular weight is 251 g/mol. The molecule has 2 N–H and O–H groups in total. The standard InChI is InChI=1S/C13H21N3O2/c1-10-12(9-14-15-10)13(18)16(7-8-17)11-5-3-2-4-6-11/h9,11,17H,2-8H2,1H3,(H,14,15). The van der Waals surface area contributed by atoms with Gasteiger partial charge in [-0.05, 0) is 19.8 Å². The number of carbonyl (C=O) groups is 1. The minimum atomic E-state index is -0.0119. The molecule has 0 saturated heterocycles. The first kappa shape index (κ1) is 13.1. The van der Waals surface area contributed by atoms with Crippen LogP contribution in [-0.4, -0.2) is 45.3 Å². The van der Waals surface area contributed by atoms with Crippen molar-refractivity contribution in [3.63, 3.8) is 0 Å². The Bertz CT molecular complexity index is 397. The normalized spacial score (nSPS) is 16.8. The van der Waals surface area contributed by atoms with Crippen LogP contribution in [0, 0.1) is 6.92 Å². The molecule has 1 amide bonds. The molecule has 0 aliphatic heterocycles. The van der Waals surface area contributed by atoms with E-state index in [-0.39, 0.29) is 18.6 Å². The Morgan fingerprint density at radius 1 is 1.50 bits per heavy atom. The summed E-state index contributed by atoms with van der Waals surface area (Å²) in [6.45, 7) is 2.27. The van der Waals surface area contributed by atoms with Crippen LogP contribution in [0.3, 0.4) is 0 Å². The Morgan fingerprint density at radius 3 is 2.78 bits per heavy atom. The number of H-pyrrole nitrogens is 1. The number of aromatic amines is 1. The molecule has 5 heteroatoms. The topological polar surface area (TPSA) is 69.2 Å². The van der Waals surface area contributed by atoms with E-state index in [1.54, 1.807) is 6.20 Å². The molecule has 5 nitrogen and oxygen atoms in total. The van der Waals surface area contributed by atoms with Crippen LogP contribution in [0.25, 0.3) is 0 Å². The Hall–Kier alpha value is -1.36. The molecule has 1 aromatic rings. The van der Waals surface area contributed by atoms with Crippen LogP contribution in [0.1, 0.15) is 48.2 Å². The fourth-order valence-corrected chi connectivity index (χ4v) is 2.67. The minimum Gasteiger partial charge on any atom is -0.395 e. The molecule has 0 bridgehead atoms. The lowest BCUT2D eigenvalue weighted by molar-refractivity contribution is 0.0585. The summed E-state index contributed by atoms with van der Waals surface area (Å²) in [4.78, 5) is 14.3. The van der Waals surface area contributed by atoms with Gasteiger partial charge >= 0.3 is 0 Å². The number of aliphatic hydroxyl groups excluding tert-OH is 1. The van der Waals surface area contributed by atoms with Crippen molar-refractivity contribution in [2.75, 3.05) is 13.2 Å². The number of aryl methyl sites for hydroxylation is 1. The number of nitrogens with one attached hydrogen (secondary N) is 1. The van der Waals surface area contributed by atoms with Gasteiger partial charge < -0.3 is 10.0 Å². The summed E-state index contributed by atoms with van der Waals surface area (Å²) < 4.78 is 0. The van der Waals surface area contributed by atoms with Crippen molar-refractivity contribution >= 4 is 5.91 Å². The third kappa shape index (κ3) is 2.72. The maximum Gasteiger partial charge on any atom is 0.257 e. The zero-order valence-electron chi connectivity index (χ0n) is 10.9. The Balaban J connectivity index is 2.13. The van der Waals surface area contributed by atoms with Gasteiger partial charge in [-0.3, -0.25) is 9.89 Å². The van der Waals surface area contributed by atoms with Gasteiger partial charge in [-0.1, -0.05) is 19.3 Å². The van der Waals surface area contributed by atoms with Crippen LogP contribution >= 0.6 is 0 Å². The van der Waals surface area contributed by atoms with Crippen molar-refractivity contribution in [1.82, 2.24) is 15.1 Å². The monoisotopic (exact) mass is 251 g/mol. The highest BCUT2D eigenvalue weighted by molar-refractivity contribution is 5.95. The molecule has 0 aromatic carbocycles. The van der Waals surface area contributed by atoms with E-state index in [0.29, 0.717) is 12.1 Å². The van der Waals surface area contributed by atoms with E-state index in [0.717, 1.165) is 18.5 Å². The molecule has 0 spiro atoms. The molecule has 0 atom stereocenters. The number of amides is 1. The predicted octanol–water partition coefficient (Wildman–Crippen LogP) is 1.49. The molecule has 18 heavy (non-hydrogen) atoms. The van der Waals surface area contributed by atoms with Crippen LogP contribution in [0.4, 0.5) is 0 Å². The van der Waals surface area contributed by atoms with Crippen molar-refractivity contribution in [1.29, 1.82) is 0 Å². The van der Waals surface area contributed by atoms with Crippen molar-refractivity contribution in [2.45, 2.75) is 45.1 Å². The lowest BCUT2D eigenvalue weighted by Gasteiger charge is -2.34. The van der Waals surface area contributed by atoms with Gasteiger partial charge in [0.15, 0.2) is 0 Å². The average Bonchev–Trinajstić information content (AvgIpc) is 2.82. The second kappa shape index (κ2) is 6.00. The summed E-state index contributed by atoms with van der Waals surface area (Å²) in [7, 11) is 0. The lowest BCUT2D eigenvalue weighted by atomic mass is 9.93. The van der Waals surface area contributed by atoms with Crippen LogP contribution in [0.5, 0.6) is 0 Å². The molecule has 1 aliphatic rings. The van der Waals surface area contributed by atoms with E-state index in [4.69, 9.17) is 5.11 Å².